The molecule has 1 aromatic rings. The molecule has 0 spiro atoms. The lowest BCUT2D eigenvalue weighted by molar-refractivity contribution is -0.117. The van der Waals surface area contributed by atoms with Gasteiger partial charge < -0.3 is 9.80 Å². The van der Waals surface area contributed by atoms with E-state index >= 15 is 0 Å². The molecule has 1 aliphatic rings. The van der Waals surface area contributed by atoms with Crippen molar-refractivity contribution in [3.05, 3.63) is 28.8 Å². The van der Waals surface area contributed by atoms with Crippen LogP contribution >= 0.6 is 22.3 Å². The van der Waals surface area contributed by atoms with Gasteiger partial charge in [0.1, 0.15) is 0 Å². The van der Waals surface area contributed by atoms with Gasteiger partial charge in [-0.05, 0) is 18.2 Å². The van der Waals surface area contributed by atoms with Crippen molar-refractivity contribution in [2.75, 3.05) is 31.3 Å². The molecule has 1 saturated heterocycles. The zero-order valence-electron chi connectivity index (χ0n) is 12.6. The molecule has 1 unspecified atom stereocenters. The Labute approximate surface area is 144 Å². The van der Waals surface area contributed by atoms with Crippen LogP contribution in [-0.2, 0) is 13.8 Å². The van der Waals surface area contributed by atoms with Gasteiger partial charge in [-0.15, -0.1) is 0 Å². The molecule has 0 aromatic heterocycles. The van der Waals surface area contributed by atoms with E-state index < -0.39 is 15.0 Å². The highest BCUT2D eigenvalue weighted by atomic mass is 35.7. The normalized spacial score (nSPS) is 18.3. The molecule has 6 nitrogen and oxygen atoms in total. The second kappa shape index (κ2) is 6.67. The molecule has 1 fully saturated rings. The first-order valence-electron chi connectivity index (χ1n) is 6.82. The van der Waals surface area contributed by atoms with Crippen LogP contribution in [0.1, 0.15) is 16.8 Å². The first-order chi connectivity index (χ1) is 10.6. The van der Waals surface area contributed by atoms with E-state index in [1.54, 1.807) is 26.2 Å². The Bertz CT molecular complexity index is 749. The number of nitrogens with zero attached hydrogens (tertiary/aromatic N) is 2. The molecular formula is C14H16Cl2N2O4S. The van der Waals surface area contributed by atoms with Gasteiger partial charge in [-0.3, -0.25) is 9.59 Å². The van der Waals surface area contributed by atoms with Crippen molar-refractivity contribution in [2.24, 2.45) is 5.92 Å². The quantitative estimate of drug-likeness (QED) is 0.750. The number of rotatable bonds is 4. The maximum atomic E-state index is 12.3. The number of benzene rings is 1. The molecule has 9 heteroatoms. The number of anilines is 1. The monoisotopic (exact) mass is 378 g/mol. The van der Waals surface area contributed by atoms with E-state index in [9.17, 15) is 18.0 Å². The van der Waals surface area contributed by atoms with Gasteiger partial charge in [0.15, 0.2) is 0 Å². The van der Waals surface area contributed by atoms with Crippen LogP contribution in [0.25, 0.3) is 0 Å². The smallest absolute Gasteiger partial charge is 0.255 e. The predicted molar refractivity (Wildman–Crippen MR) is 89.6 cm³/mol. The van der Waals surface area contributed by atoms with Gasteiger partial charge >= 0.3 is 0 Å². The summed E-state index contributed by atoms with van der Waals surface area (Å²) in [5, 5.41) is 0.386. The van der Waals surface area contributed by atoms with Crippen LogP contribution in [0.4, 0.5) is 5.69 Å². The lowest BCUT2D eigenvalue weighted by Gasteiger charge is -2.22. The average molecular weight is 379 g/mol. The predicted octanol–water partition coefficient (Wildman–Crippen LogP) is 1.96. The number of hydrogen-bond acceptors (Lipinski definition) is 4. The van der Waals surface area contributed by atoms with Crippen LogP contribution in [0.5, 0.6) is 0 Å². The van der Waals surface area contributed by atoms with Crippen molar-refractivity contribution in [1.82, 2.24) is 4.90 Å². The summed E-state index contributed by atoms with van der Waals surface area (Å²) in [5.41, 5.74) is 0.720. The molecule has 0 bridgehead atoms. The molecule has 126 valence electrons. The van der Waals surface area contributed by atoms with Gasteiger partial charge in [-0.2, -0.15) is 0 Å². The van der Waals surface area contributed by atoms with Crippen LogP contribution in [0.3, 0.4) is 0 Å². The Morgan fingerprint density at radius 2 is 2.04 bits per heavy atom. The lowest BCUT2D eigenvalue weighted by atomic mass is 10.1. The summed E-state index contributed by atoms with van der Waals surface area (Å²) in [4.78, 5) is 27.3. The number of carbonyl (C=O) groups is 2. The second-order valence-corrected chi connectivity index (χ2v) is 8.90. The number of halogens is 2. The van der Waals surface area contributed by atoms with Crippen molar-refractivity contribution in [3.8, 4) is 0 Å². The standard InChI is InChI=1S/C14H16Cl2N2O4S/c1-17(2)14(20)11-4-3-10(15)6-12(11)18-7-9(5-13(18)19)8-23(16,21)22/h3-4,6,9H,5,7-8H2,1-2H3. The van der Waals surface area contributed by atoms with Crippen molar-refractivity contribution in [2.45, 2.75) is 6.42 Å². The van der Waals surface area contributed by atoms with Crippen molar-refractivity contribution < 1.29 is 18.0 Å². The zero-order chi connectivity index (χ0) is 17.4. The van der Waals surface area contributed by atoms with Gasteiger partial charge in [-0.1, -0.05) is 11.6 Å². The lowest BCUT2D eigenvalue weighted by Crippen LogP contribution is -2.30. The van der Waals surface area contributed by atoms with E-state index in [0.717, 1.165) is 0 Å². The van der Waals surface area contributed by atoms with Crippen LogP contribution in [-0.4, -0.2) is 51.5 Å². The van der Waals surface area contributed by atoms with Gasteiger partial charge in [0.05, 0.1) is 17.0 Å². The van der Waals surface area contributed by atoms with Crippen molar-refractivity contribution in [1.29, 1.82) is 0 Å². The van der Waals surface area contributed by atoms with E-state index in [4.69, 9.17) is 22.3 Å². The Balaban J connectivity index is 2.36. The van der Waals surface area contributed by atoms with Gasteiger partial charge in [0.2, 0.25) is 15.0 Å². The van der Waals surface area contributed by atoms with E-state index in [0.29, 0.717) is 16.3 Å². The van der Waals surface area contributed by atoms with Gasteiger partial charge in [0.25, 0.3) is 5.91 Å². The minimum absolute atomic E-state index is 0.0635. The molecule has 2 rings (SSSR count). The van der Waals surface area contributed by atoms with E-state index in [2.05, 4.69) is 0 Å². The third kappa shape index (κ3) is 4.37. The van der Waals surface area contributed by atoms with Crippen LogP contribution in [0.2, 0.25) is 5.02 Å². The van der Waals surface area contributed by atoms with Crippen molar-refractivity contribution >= 4 is 48.8 Å². The fraction of sp³-hybridized carbons (Fsp3) is 0.429. The fourth-order valence-electron chi connectivity index (χ4n) is 2.56. The number of carbonyl (C=O) groups excluding carboxylic acids is 2. The van der Waals surface area contributed by atoms with Gasteiger partial charge in [-0.25, -0.2) is 8.42 Å². The highest BCUT2D eigenvalue weighted by Crippen LogP contribution is 2.32. The first kappa shape index (κ1) is 18.0. The van der Waals surface area contributed by atoms with E-state index in [-0.39, 0.29) is 30.5 Å². The topological polar surface area (TPSA) is 74.8 Å². The van der Waals surface area contributed by atoms with Crippen LogP contribution in [0.15, 0.2) is 18.2 Å². The molecule has 2 amide bonds. The number of amides is 2. The highest BCUT2D eigenvalue weighted by Gasteiger charge is 2.35. The highest BCUT2D eigenvalue weighted by molar-refractivity contribution is 8.13. The summed E-state index contributed by atoms with van der Waals surface area (Å²) in [6.45, 7) is 0.179. The molecule has 1 atom stereocenters. The Morgan fingerprint density at radius 3 is 2.61 bits per heavy atom. The maximum absolute atomic E-state index is 12.3. The summed E-state index contributed by atoms with van der Waals surface area (Å²) < 4.78 is 22.4. The number of hydrogen-bond donors (Lipinski definition) is 0. The Kier molecular flexibility index (Phi) is 5.23. The molecule has 0 N–H and O–H groups in total. The largest absolute Gasteiger partial charge is 0.345 e. The summed E-state index contributed by atoms with van der Waals surface area (Å²) in [5.74, 6) is -1.22. The fourth-order valence-corrected chi connectivity index (χ4v) is 4.04. The summed E-state index contributed by atoms with van der Waals surface area (Å²) in [7, 11) is 4.78. The third-order valence-corrected chi connectivity index (χ3v) is 5.01. The summed E-state index contributed by atoms with van der Waals surface area (Å²) in [6, 6.07) is 4.66. The molecule has 1 aromatic carbocycles. The Morgan fingerprint density at radius 1 is 1.39 bits per heavy atom. The van der Waals surface area contributed by atoms with Gasteiger partial charge in [0, 0.05) is 48.7 Å². The molecule has 1 heterocycles. The molecule has 23 heavy (non-hydrogen) atoms. The van der Waals surface area contributed by atoms with E-state index in [1.807, 2.05) is 0 Å². The third-order valence-electron chi connectivity index (χ3n) is 3.53. The molecule has 0 radical (unpaired) electrons. The minimum atomic E-state index is -3.69. The van der Waals surface area contributed by atoms with Crippen molar-refractivity contribution in [3.63, 3.8) is 0 Å². The SMILES string of the molecule is CN(C)C(=O)c1ccc(Cl)cc1N1CC(CS(=O)(=O)Cl)CC1=O. The molecule has 1 aliphatic heterocycles. The Hall–Kier alpha value is -1.31. The maximum Gasteiger partial charge on any atom is 0.255 e. The zero-order valence-corrected chi connectivity index (χ0v) is 15.0. The molecular weight excluding hydrogens is 363 g/mol. The first-order valence-corrected chi connectivity index (χ1v) is 9.68. The van der Waals surface area contributed by atoms with Crippen LogP contribution < -0.4 is 4.90 Å². The summed E-state index contributed by atoms with van der Waals surface area (Å²) >= 11 is 5.99. The minimum Gasteiger partial charge on any atom is -0.345 e. The molecule has 0 saturated carbocycles. The molecule has 0 aliphatic carbocycles. The summed E-state index contributed by atoms with van der Waals surface area (Å²) in [6.07, 6.45) is 0.0635. The average Bonchev–Trinajstić information content (AvgIpc) is 2.76. The second-order valence-electron chi connectivity index (χ2n) is 5.64. The van der Waals surface area contributed by atoms with Crippen LogP contribution in [0, 0.1) is 5.92 Å². The van der Waals surface area contributed by atoms with E-state index in [1.165, 1.54) is 15.9 Å².